The Hall–Kier alpha value is -2.37. The third-order valence-corrected chi connectivity index (χ3v) is 2.01. The van der Waals surface area contributed by atoms with Crippen molar-refractivity contribution in [1.29, 1.82) is 0 Å². The summed E-state index contributed by atoms with van der Waals surface area (Å²) in [5, 5.41) is 11.0. The Labute approximate surface area is 97.2 Å². The first kappa shape index (κ1) is 12.7. The number of carboxylic acid groups (broad SMARTS) is 1. The van der Waals surface area contributed by atoms with Crippen LogP contribution in [0, 0.1) is 0 Å². The van der Waals surface area contributed by atoms with Crippen molar-refractivity contribution < 1.29 is 24.2 Å². The largest absolute Gasteiger partial charge is 0.478 e. The van der Waals surface area contributed by atoms with Crippen molar-refractivity contribution in [3.05, 3.63) is 35.4 Å². The van der Waals surface area contributed by atoms with E-state index < -0.39 is 17.8 Å². The summed E-state index contributed by atoms with van der Waals surface area (Å²) < 4.78 is 4.36. The maximum atomic E-state index is 11.5. The molecule has 0 aromatic heterocycles. The van der Waals surface area contributed by atoms with Gasteiger partial charge in [0.15, 0.2) is 0 Å². The molecule has 1 amide bonds. The van der Waals surface area contributed by atoms with Crippen molar-refractivity contribution in [2.75, 3.05) is 13.7 Å². The summed E-state index contributed by atoms with van der Waals surface area (Å²) >= 11 is 0. The van der Waals surface area contributed by atoms with Crippen LogP contribution in [0.1, 0.15) is 20.7 Å². The second kappa shape index (κ2) is 5.64. The molecule has 1 aromatic carbocycles. The monoisotopic (exact) mass is 237 g/mol. The van der Waals surface area contributed by atoms with E-state index in [1.807, 2.05) is 0 Å². The summed E-state index contributed by atoms with van der Waals surface area (Å²) in [6.45, 7) is -0.226. The number of benzene rings is 1. The van der Waals surface area contributed by atoms with Crippen molar-refractivity contribution >= 4 is 17.8 Å². The van der Waals surface area contributed by atoms with Crippen LogP contribution in [0.2, 0.25) is 0 Å². The van der Waals surface area contributed by atoms with Crippen molar-refractivity contribution in [2.24, 2.45) is 0 Å². The topological polar surface area (TPSA) is 92.7 Å². The Morgan fingerprint density at radius 3 is 2.18 bits per heavy atom. The molecule has 6 nitrogen and oxygen atoms in total. The van der Waals surface area contributed by atoms with E-state index in [4.69, 9.17) is 5.11 Å². The molecule has 17 heavy (non-hydrogen) atoms. The van der Waals surface area contributed by atoms with Crippen LogP contribution in [0.15, 0.2) is 24.3 Å². The summed E-state index contributed by atoms with van der Waals surface area (Å²) in [5.74, 6) is -2.08. The predicted octanol–water partition coefficient (Wildman–Crippen LogP) is 0.288. The molecule has 0 spiro atoms. The Balaban J connectivity index is 2.64. The Bertz CT molecular complexity index is 438. The number of rotatable bonds is 4. The Morgan fingerprint density at radius 1 is 1.18 bits per heavy atom. The minimum atomic E-state index is -1.06. The molecule has 6 heteroatoms. The molecule has 90 valence electrons. The predicted molar refractivity (Wildman–Crippen MR) is 57.8 cm³/mol. The molecule has 0 heterocycles. The number of amides is 1. The highest BCUT2D eigenvalue weighted by atomic mass is 16.5. The number of carbonyl (C=O) groups is 3. The fourth-order valence-electron chi connectivity index (χ4n) is 1.09. The normalized spacial score (nSPS) is 9.47. The fourth-order valence-corrected chi connectivity index (χ4v) is 1.09. The lowest BCUT2D eigenvalue weighted by atomic mass is 10.1. The molecule has 2 N–H and O–H groups in total. The van der Waals surface area contributed by atoms with E-state index in [1.54, 1.807) is 0 Å². The highest BCUT2D eigenvalue weighted by Gasteiger charge is 2.09. The Kier molecular flexibility index (Phi) is 4.21. The van der Waals surface area contributed by atoms with Crippen LogP contribution in [0.4, 0.5) is 0 Å². The standard InChI is InChI=1S/C11H11NO5/c1-17-9(13)6-12-10(14)7-2-4-8(5-3-7)11(15)16/h2-5H,6H2,1H3,(H,12,14)(H,15,16). The van der Waals surface area contributed by atoms with Crippen molar-refractivity contribution in [1.82, 2.24) is 5.32 Å². The summed E-state index contributed by atoms with van der Waals surface area (Å²) in [6, 6.07) is 5.37. The number of carbonyl (C=O) groups excluding carboxylic acids is 2. The van der Waals surface area contributed by atoms with Crippen molar-refractivity contribution in [3.63, 3.8) is 0 Å². The van der Waals surface area contributed by atoms with Gasteiger partial charge in [0, 0.05) is 5.56 Å². The lowest BCUT2D eigenvalue weighted by Crippen LogP contribution is -2.30. The van der Waals surface area contributed by atoms with Crippen molar-refractivity contribution in [2.45, 2.75) is 0 Å². The minimum Gasteiger partial charge on any atom is -0.478 e. The number of carboxylic acids is 1. The summed E-state index contributed by atoms with van der Waals surface area (Å²) in [7, 11) is 1.22. The third kappa shape index (κ3) is 3.60. The molecular formula is C11H11NO5. The zero-order chi connectivity index (χ0) is 12.8. The van der Waals surface area contributed by atoms with Crippen LogP contribution >= 0.6 is 0 Å². The summed E-state index contributed by atoms with van der Waals surface area (Å²) in [5.41, 5.74) is 0.369. The first-order chi connectivity index (χ1) is 8.04. The number of nitrogens with one attached hydrogen (secondary N) is 1. The second-order valence-electron chi connectivity index (χ2n) is 3.14. The number of ether oxygens (including phenoxy) is 1. The van der Waals surface area contributed by atoms with E-state index in [-0.39, 0.29) is 17.7 Å². The third-order valence-electron chi connectivity index (χ3n) is 2.01. The molecule has 0 radical (unpaired) electrons. The average molecular weight is 237 g/mol. The van der Waals surface area contributed by atoms with Gasteiger partial charge in [-0.25, -0.2) is 4.79 Å². The van der Waals surface area contributed by atoms with E-state index in [0.29, 0.717) is 0 Å². The zero-order valence-corrected chi connectivity index (χ0v) is 9.10. The van der Waals surface area contributed by atoms with Gasteiger partial charge in [-0.3, -0.25) is 9.59 Å². The molecule has 0 aliphatic heterocycles. The highest BCUT2D eigenvalue weighted by Crippen LogP contribution is 2.04. The number of aromatic carboxylic acids is 1. The molecule has 0 atom stereocenters. The molecule has 1 rings (SSSR count). The van der Waals surface area contributed by atoms with E-state index in [0.717, 1.165) is 0 Å². The number of esters is 1. The molecule has 0 aliphatic carbocycles. The lowest BCUT2D eigenvalue weighted by molar-refractivity contribution is -0.139. The molecule has 0 fully saturated rings. The summed E-state index contributed by atoms with van der Waals surface area (Å²) in [4.78, 5) is 32.8. The smallest absolute Gasteiger partial charge is 0.335 e. The maximum absolute atomic E-state index is 11.5. The van der Waals surface area contributed by atoms with Gasteiger partial charge in [-0.2, -0.15) is 0 Å². The minimum absolute atomic E-state index is 0.0921. The molecule has 0 bridgehead atoms. The molecular weight excluding hydrogens is 226 g/mol. The van der Waals surface area contributed by atoms with Crippen LogP contribution in [0.3, 0.4) is 0 Å². The van der Waals surface area contributed by atoms with E-state index in [1.165, 1.54) is 31.4 Å². The lowest BCUT2D eigenvalue weighted by Gasteiger charge is -2.03. The van der Waals surface area contributed by atoms with Gasteiger partial charge in [-0.15, -0.1) is 0 Å². The average Bonchev–Trinajstić information content (AvgIpc) is 2.35. The van der Waals surface area contributed by atoms with Gasteiger partial charge < -0.3 is 15.2 Å². The second-order valence-corrected chi connectivity index (χ2v) is 3.14. The number of hydrogen-bond acceptors (Lipinski definition) is 4. The first-order valence-corrected chi connectivity index (χ1v) is 4.73. The molecule has 1 aromatic rings. The zero-order valence-electron chi connectivity index (χ0n) is 9.10. The molecule has 0 saturated heterocycles. The van der Waals surface area contributed by atoms with Crippen LogP contribution < -0.4 is 5.32 Å². The SMILES string of the molecule is COC(=O)CNC(=O)c1ccc(C(=O)O)cc1. The van der Waals surface area contributed by atoms with E-state index in [2.05, 4.69) is 10.1 Å². The van der Waals surface area contributed by atoms with Crippen LogP contribution in [-0.2, 0) is 9.53 Å². The fraction of sp³-hybridized carbons (Fsp3) is 0.182. The number of methoxy groups -OCH3 is 1. The van der Waals surface area contributed by atoms with E-state index in [9.17, 15) is 14.4 Å². The van der Waals surface area contributed by atoms with Crippen LogP contribution in [-0.4, -0.2) is 36.6 Å². The van der Waals surface area contributed by atoms with Gasteiger partial charge in [-0.05, 0) is 24.3 Å². The number of hydrogen-bond donors (Lipinski definition) is 2. The molecule has 0 unspecified atom stereocenters. The van der Waals surface area contributed by atoms with Gasteiger partial charge >= 0.3 is 11.9 Å². The first-order valence-electron chi connectivity index (χ1n) is 4.73. The maximum Gasteiger partial charge on any atom is 0.335 e. The van der Waals surface area contributed by atoms with Gasteiger partial charge in [0.2, 0.25) is 0 Å². The van der Waals surface area contributed by atoms with Gasteiger partial charge in [0.05, 0.1) is 12.7 Å². The van der Waals surface area contributed by atoms with Crippen LogP contribution in [0.5, 0.6) is 0 Å². The Morgan fingerprint density at radius 2 is 1.71 bits per heavy atom. The van der Waals surface area contributed by atoms with Gasteiger partial charge in [0.25, 0.3) is 5.91 Å². The molecule has 0 saturated carbocycles. The van der Waals surface area contributed by atoms with Crippen LogP contribution in [0.25, 0.3) is 0 Å². The quantitative estimate of drug-likeness (QED) is 0.734. The van der Waals surface area contributed by atoms with Crippen molar-refractivity contribution in [3.8, 4) is 0 Å². The summed E-state index contributed by atoms with van der Waals surface area (Å²) in [6.07, 6.45) is 0. The van der Waals surface area contributed by atoms with E-state index >= 15 is 0 Å². The van der Waals surface area contributed by atoms with Gasteiger partial charge in [-0.1, -0.05) is 0 Å². The highest BCUT2D eigenvalue weighted by molar-refractivity contribution is 5.97. The van der Waals surface area contributed by atoms with Gasteiger partial charge in [0.1, 0.15) is 6.54 Å². The molecule has 0 aliphatic rings.